The minimum atomic E-state index is -3.90. The lowest BCUT2D eigenvalue weighted by atomic mass is 10.2. The molecule has 0 bridgehead atoms. The van der Waals surface area contributed by atoms with Crippen molar-refractivity contribution in [3.8, 4) is 0 Å². The molecule has 0 aliphatic heterocycles. The number of hydrogen-bond donors (Lipinski definition) is 3. The fourth-order valence-electron chi connectivity index (χ4n) is 1.94. The second-order valence-corrected chi connectivity index (χ2v) is 6.41. The Hall–Kier alpha value is -1.87. The fourth-order valence-corrected chi connectivity index (χ4v) is 2.52. The minimum Gasteiger partial charge on any atom is -0.480 e. The van der Waals surface area contributed by atoms with E-state index in [-0.39, 0.29) is 16.5 Å². The molecule has 20 heavy (non-hydrogen) atoms. The Balaban J connectivity index is 2.21. The third-order valence-electron chi connectivity index (χ3n) is 3.19. The molecule has 4 N–H and O–H groups in total. The first kappa shape index (κ1) is 14.5. The molecule has 1 fully saturated rings. The molecule has 0 aromatic carbocycles. The molecule has 2 rings (SSSR count). The number of hydrogen-bond acceptors (Lipinski definition) is 4. The first-order valence-electron chi connectivity index (χ1n) is 5.93. The lowest BCUT2D eigenvalue weighted by Crippen LogP contribution is -2.42. The van der Waals surface area contributed by atoms with Gasteiger partial charge < -0.3 is 15.0 Å². The van der Waals surface area contributed by atoms with Crippen LogP contribution in [0.2, 0.25) is 0 Å². The Morgan fingerprint density at radius 3 is 2.50 bits per heavy atom. The molecule has 0 spiro atoms. The highest BCUT2D eigenvalue weighted by molar-refractivity contribution is 7.89. The van der Waals surface area contributed by atoms with Gasteiger partial charge in [-0.2, -0.15) is 0 Å². The second kappa shape index (κ2) is 4.91. The topological polar surface area (TPSA) is 131 Å². The maximum absolute atomic E-state index is 12.0. The van der Waals surface area contributed by atoms with Crippen LogP contribution in [0.1, 0.15) is 23.3 Å². The van der Waals surface area contributed by atoms with Gasteiger partial charge in [0.2, 0.25) is 10.0 Å². The first-order chi connectivity index (χ1) is 9.20. The van der Waals surface area contributed by atoms with Crippen LogP contribution in [0, 0.1) is 5.92 Å². The van der Waals surface area contributed by atoms with E-state index >= 15 is 0 Å². The number of carboxylic acids is 1. The van der Waals surface area contributed by atoms with Crippen molar-refractivity contribution in [2.75, 3.05) is 0 Å². The van der Waals surface area contributed by atoms with Crippen LogP contribution in [0.15, 0.2) is 17.2 Å². The highest BCUT2D eigenvalue weighted by atomic mass is 32.2. The number of sulfonamides is 1. The number of carboxylic acid groups (broad SMARTS) is 1. The summed E-state index contributed by atoms with van der Waals surface area (Å²) in [5.74, 6) is -1.79. The molecule has 8 nitrogen and oxygen atoms in total. The van der Waals surface area contributed by atoms with Gasteiger partial charge in [0, 0.05) is 13.2 Å². The van der Waals surface area contributed by atoms with Crippen LogP contribution < -0.4 is 10.5 Å². The average molecular weight is 301 g/mol. The third-order valence-corrected chi connectivity index (χ3v) is 4.07. The van der Waals surface area contributed by atoms with E-state index in [2.05, 4.69) is 5.32 Å². The number of aromatic nitrogens is 1. The van der Waals surface area contributed by atoms with E-state index in [1.54, 1.807) is 0 Å². The number of primary sulfonamides is 1. The van der Waals surface area contributed by atoms with E-state index in [1.165, 1.54) is 17.8 Å². The predicted octanol–water partition coefficient (Wildman–Crippen LogP) is -0.734. The van der Waals surface area contributed by atoms with Gasteiger partial charge in [-0.05, 0) is 24.8 Å². The summed E-state index contributed by atoms with van der Waals surface area (Å²) >= 11 is 0. The fraction of sp³-hybridized carbons (Fsp3) is 0.455. The van der Waals surface area contributed by atoms with Crippen molar-refractivity contribution >= 4 is 21.9 Å². The summed E-state index contributed by atoms with van der Waals surface area (Å²) in [5, 5.41) is 16.4. The molecule has 1 saturated carbocycles. The smallest absolute Gasteiger partial charge is 0.326 e. The molecule has 1 amide bonds. The van der Waals surface area contributed by atoms with Crippen LogP contribution in [0.3, 0.4) is 0 Å². The summed E-state index contributed by atoms with van der Waals surface area (Å²) in [6.07, 6.45) is 2.72. The molecule has 1 aliphatic carbocycles. The SMILES string of the molecule is Cn1cc(S(N)(=O)=O)cc1C(=O)NC(C(=O)O)C1CC1. The number of carbonyl (C=O) groups is 2. The largest absolute Gasteiger partial charge is 0.480 e. The number of nitrogens with one attached hydrogen (secondary N) is 1. The number of nitrogens with two attached hydrogens (primary N) is 1. The minimum absolute atomic E-state index is 0.0425. The molecule has 1 unspecified atom stereocenters. The summed E-state index contributed by atoms with van der Waals surface area (Å²) in [6.45, 7) is 0. The Morgan fingerprint density at radius 1 is 1.50 bits per heavy atom. The Kier molecular flexibility index (Phi) is 3.57. The van der Waals surface area contributed by atoms with Crippen molar-refractivity contribution in [2.45, 2.75) is 23.8 Å². The predicted molar refractivity (Wildman–Crippen MR) is 68.4 cm³/mol. The lowest BCUT2D eigenvalue weighted by Gasteiger charge is -2.13. The summed E-state index contributed by atoms with van der Waals surface area (Å²) in [4.78, 5) is 22.9. The van der Waals surface area contributed by atoms with Crippen molar-refractivity contribution < 1.29 is 23.1 Å². The van der Waals surface area contributed by atoms with Crippen LogP contribution in [0.25, 0.3) is 0 Å². The van der Waals surface area contributed by atoms with Crippen molar-refractivity contribution in [1.29, 1.82) is 0 Å². The van der Waals surface area contributed by atoms with Crippen molar-refractivity contribution in [3.05, 3.63) is 18.0 Å². The number of rotatable bonds is 5. The van der Waals surface area contributed by atoms with Gasteiger partial charge in [0.05, 0.1) is 0 Å². The summed E-state index contributed by atoms with van der Waals surface area (Å²) < 4.78 is 23.7. The van der Waals surface area contributed by atoms with Gasteiger partial charge in [0.15, 0.2) is 0 Å². The van der Waals surface area contributed by atoms with Crippen LogP contribution in [0.4, 0.5) is 0 Å². The molecule has 9 heteroatoms. The molecule has 1 heterocycles. The van der Waals surface area contributed by atoms with E-state index in [9.17, 15) is 18.0 Å². The van der Waals surface area contributed by atoms with E-state index in [0.29, 0.717) is 0 Å². The summed E-state index contributed by atoms with van der Waals surface area (Å²) in [6, 6.07) is 0.173. The van der Waals surface area contributed by atoms with Crippen LogP contribution >= 0.6 is 0 Å². The van der Waals surface area contributed by atoms with Crippen LogP contribution in [-0.2, 0) is 21.9 Å². The van der Waals surface area contributed by atoms with Gasteiger partial charge in [0.1, 0.15) is 16.6 Å². The normalized spacial score (nSPS) is 16.7. The third kappa shape index (κ3) is 2.99. The zero-order valence-electron chi connectivity index (χ0n) is 10.7. The quantitative estimate of drug-likeness (QED) is 0.659. The number of nitrogens with zero attached hydrogens (tertiary/aromatic N) is 1. The van der Waals surface area contributed by atoms with Crippen molar-refractivity contribution in [2.24, 2.45) is 18.1 Å². The van der Waals surface area contributed by atoms with E-state index in [0.717, 1.165) is 18.9 Å². The molecule has 110 valence electrons. The molecule has 1 aromatic heterocycles. The van der Waals surface area contributed by atoms with Gasteiger partial charge in [-0.25, -0.2) is 18.4 Å². The standard InChI is InChI=1S/C11H15N3O5S/c1-14-5-7(20(12,18)19)4-8(14)10(15)13-9(11(16)17)6-2-3-6/h4-6,9H,2-3H2,1H3,(H,13,15)(H,16,17)(H2,12,18,19). The van der Waals surface area contributed by atoms with Crippen LogP contribution in [0.5, 0.6) is 0 Å². The number of carbonyl (C=O) groups excluding carboxylic acids is 1. The van der Waals surface area contributed by atoms with Crippen LogP contribution in [-0.4, -0.2) is 36.0 Å². The summed E-state index contributed by atoms with van der Waals surface area (Å²) in [5.41, 5.74) is 0.0425. The maximum atomic E-state index is 12.0. The second-order valence-electron chi connectivity index (χ2n) is 4.84. The highest BCUT2D eigenvalue weighted by Crippen LogP contribution is 2.32. The van der Waals surface area contributed by atoms with Gasteiger partial charge in [-0.3, -0.25) is 4.79 Å². The summed E-state index contributed by atoms with van der Waals surface area (Å²) in [7, 11) is -2.42. The Morgan fingerprint density at radius 2 is 2.10 bits per heavy atom. The highest BCUT2D eigenvalue weighted by Gasteiger charge is 2.37. The molecule has 0 radical (unpaired) electrons. The first-order valence-corrected chi connectivity index (χ1v) is 7.47. The van der Waals surface area contributed by atoms with E-state index in [1.807, 2.05) is 0 Å². The van der Waals surface area contributed by atoms with Crippen molar-refractivity contribution in [1.82, 2.24) is 9.88 Å². The molecule has 1 aliphatic rings. The van der Waals surface area contributed by atoms with E-state index in [4.69, 9.17) is 10.2 Å². The van der Waals surface area contributed by atoms with Gasteiger partial charge in [-0.15, -0.1) is 0 Å². The molecule has 0 saturated heterocycles. The number of aliphatic carboxylic acids is 1. The average Bonchev–Trinajstić information content (AvgIpc) is 3.06. The Bertz CT molecular complexity index is 660. The maximum Gasteiger partial charge on any atom is 0.326 e. The zero-order chi connectivity index (χ0) is 15.1. The number of amides is 1. The number of aryl methyl sites for hydroxylation is 1. The zero-order valence-corrected chi connectivity index (χ0v) is 11.6. The molecular weight excluding hydrogens is 286 g/mol. The van der Waals surface area contributed by atoms with E-state index < -0.39 is 27.9 Å². The molecule has 1 atom stereocenters. The Labute approximate surface area is 115 Å². The van der Waals surface area contributed by atoms with Gasteiger partial charge >= 0.3 is 5.97 Å². The molecule has 1 aromatic rings. The van der Waals surface area contributed by atoms with Gasteiger partial charge in [-0.1, -0.05) is 0 Å². The lowest BCUT2D eigenvalue weighted by molar-refractivity contribution is -0.139. The molecular formula is C11H15N3O5S. The monoisotopic (exact) mass is 301 g/mol. The van der Waals surface area contributed by atoms with Crippen molar-refractivity contribution in [3.63, 3.8) is 0 Å². The van der Waals surface area contributed by atoms with Gasteiger partial charge in [0.25, 0.3) is 5.91 Å².